The van der Waals surface area contributed by atoms with Crippen molar-refractivity contribution in [1.82, 2.24) is 0 Å². The number of halogens is 1. The smallest absolute Gasteiger partial charge is 0.320 e. The van der Waals surface area contributed by atoms with Crippen LogP contribution in [0.5, 0.6) is 0 Å². The molecule has 0 aliphatic heterocycles. The Morgan fingerprint density at radius 3 is 2.69 bits per heavy atom. The Bertz CT molecular complexity index is 314. The van der Waals surface area contributed by atoms with Gasteiger partial charge in [0.05, 0.1) is 0 Å². The number of rotatable bonds is 3. The molecule has 3 nitrogen and oxygen atoms in total. The van der Waals surface area contributed by atoms with Gasteiger partial charge in [-0.25, -0.2) is 0 Å². The fraction of sp³-hybridized carbons (Fsp3) is 0.222. The molecule has 4 heteroatoms. The molecule has 0 bridgehead atoms. The number of carboxylic acid groups (broad SMARTS) is 1. The lowest BCUT2D eigenvalue weighted by Gasteiger charge is -2.07. The van der Waals surface area contributed by atoms with Gasteiger partial charge in [0.15, 0.2) is 0 Å². The van der Waals surface area contributed by atoms with Crippen LogP contribution >= 0.6 is 15.9 Å². The van der Waals surface area contributed by atoms with Crippen molar-refractivity contribution in [3.63, 3.8) is 0 Å². The first-order valence-corrected chi connectivity index (χ1v) is 4.62. The molecule has 1 atom stereocenters. The zero-order chi connectivity index (χ0) is 9.84. The summed E-state index contributed by atoms with van der Waals surface area (Å²) in [6.45, 7) is 0. The summed E-state index contributed by atoms with van der Waals surface area (Å²) >= 11 is 3.33. The SMILES string of the molecule is N[C@H](Cc1ccccc1[75Br])C(=O)O. The second-order valence-corrected chi connectivity index (χ2v) is 3.59. The summed E-state index contributed by atoms with van der Waals surface area (Å²) in [5, 5.41) is 8.59. The molecule has 1 rings (SSSR count). The maximum absolute atomic E-state index is 10.5. The molecule has 70 valence electrons. The minimum Gasteiger partial charge on any atom is -0.480 e. The van der Waals surface area contributed by atoms with Crippen LogP contribution < -0.4 is 5.73 Å². The molecular formula is C9H10BrNO2. The highest BCUT2D eigenvalue weighted by molar-refractivity contribution is 9.10. The second-order valence-electron chi connectivity index (χ2n) is 2.74. The van der Waals surface area contributed by atoms with Gasteiger partial charge in [-0.1, -0.05) is 34.1 Å². The van der Waals surface area contributed by atoms with E-state index in [-0.39, 0.29) is 0 Å². The summed E-state index contributed by atoms with van der Waals surface area (Å²) in [7, 11) is 0. The average Bonchev–Trinajstić information content (AvgIpc) is 2.08. The number of hydrogen-bond donors (Lipinski definition) is 2. The minimum atomic E-state index is -0.976. The molecule has 0 amide bonds. The van der Waals surface area contributed by atoms with Crippen molar-refractivity contribution in [3.05, 3.63) is 34.3 Å². The number of carbonyl (C=O) groups is 1. The number of aliphatic carboxylic acids is 1. The Kier molecular flexibility index (Phi) is 3.45. The van der Waals surface area contributed by atoms with Gasteiger partial charge in [-0.3, -0.25) is 4.79 Å². The van der Waals surface area contributed by atoms with Gasteiger partial charge < -0.3 is 10.8 Å². The average molecular weight is 239 g/mol. The minimum absolute atomic E-state index is 0.344. The van der Waals surface area contributed by atoms with E-state index < -0.39 is 12.0 Å². The summed E-state index contributed by atoms with van der Waals surface area (Å²) in [6.07, 6.45) is 0.344. The summed E-state index contributed by atoms with van der Waals surface area (Å²) in [5.74, 6) is -0.976. The summed E-state index contributed by atoms with van der Waals surface area (Å²) in [4.78, 5) is 10.5. The third kappa shape index (κ3) is 2.82. The largest absolute Gasteiger partial charge is 0.480 e. The van der Waals surface area contributed by atoms with Gasteiger partial charge in [0.1, 0.15) is 6.04 Å². The zero-order valence-corrected chi connectivity index (χ0v) is 8.49. The zero-order valence-electron chi connectivity index (χ0n) is 6.90. The molecule has 0 aliphatic carbocycles. The van der Waals surface area contributed by atoms with Gasteiger partial charge in [0.2, 0.25) is 0 Å². The van der Waals surface area contributed by atoms with Crippen molar-refractivity contribution in [2.75, 3.05) is 0 Å². The lowest BCUT2D eigenvalue weighted by Crippen LogP contribution is -2.32. The molecule has 0 aliphatic rings. The van der Waals surface area contributed by atoms with Crippen LogP contribution in [0.4, 0.5) is 0 Å². The Hall–Kier alpha value is -0.870. The molecule has 0 saturated carbocycles. The van der Waals surface area contributed by atoms with E-state index in [0.717, 1.165) is 10.0 Å². The Balaban J connectivity index is 2.74. The first kappa shape index (κ1) is 10.2. The van der Waals surface area contributed by atoms with Gasteiger partial charge in [-0.2, -0.15) is 0 Å². The van der Waals surface area contributed by atoms with Crippen LogP contribution in [0.3, 0.4) is 0 Å². The predicted octanol–water partition coefficient (Wildman–Crippen LogP) is 1.40. The van der Waals surface area contributed by atoms with E-state index in [9.17, 15) is 4.79 Å². The first-order valence-electron chi connectivity index (χ1n) is 3.83. The highest BCUT2D eigenvalue weighted by Crippen LogP contribution is 2.16. The second kappa shape index (κ2) is 4.39. The standard InChI is InChI=1S/C9H10BrNO2/c10-7-4-2-1-3-6(7)5-8(11)9(12)13/h1-4,8H,5,11H2,(H,12,13)/t8-/m1/s1/i10-5. The molecule has 0 unspecified atom stereocenters. The van der Waals surface area contributed by atoms with Gasteiger partial charge in [0.25, 0.3) is 0 Å². The van der Waals surface area contributed by atoms with Crippen LogP contribution in [0.1, 0.15) is 5.56 Å². The highest BCUT2D eigenvalue weighted by atomic mass is 74.9. The van der Waals surface area contributed by atoms with E-state index in [1.807, 2.05) is 24.3 Å². The normalized spacial score (nSPS) is 12.5. The van der Waals surface area contributed by atoms with E-state index in [2.05, 4.69) is 15.9 Å². The highest BCUT2D eigenvalue weighted by Gasteiger charge is 2.12. The molecule has 0 spiro atoms. The maximum Gasteiger partial charge on any atom is 0.320 e. The van der Waals surface area contributed by atoms with E-state index in [0.29, 0.717) is 6.42 Å². The summed E-state index contributed by atoms with van der Waals surface area (Å²) in [5.41, 5.74) is 6.31. The molecule has 0 fully saturated rings. The number of hydrogen-bond acceptors (Lipinski definition) is 2. The fourth-order valence-electron chi connectivity index (χ4n) is 0.988. The molecule has 1 aromatic carbocycles. The van der Waals surface area contributed by atoms with Crippen molar-refractivity contribution in [1.29, 1.82) is 0 Å². The van der Waals surface area contributed by atoms with E-state index in [4.69, 9.17) is 10.8 Å². The number of nitrogens with two attached hydrogens (primary N) is 1. The van der Waals surface area contributed by atoms with Gasteiger partial charge >= 0.3 is 5.97 Å². The lowest BCUT2D eigenvalue weighted by atomic mass is 10.1. The maximum atomic E-state index is 10.5. The van der Waals surface area contributed by atoms with Crippen LogP contribution in [-0.4, -0.2) is 17.1 Å². The first-order chi connectivity index (χ1) is 6.11. The molecule has 0 saturated heterocycles. The van der Waals surface area contributed by atoms with Crippen molar-refractivity contribution in [3.8, 4) is 0 Å². The van der Waals surface area contributed by atoms with Gasteiger partial charge in [-0.15, -0.1) is 0 Å². The Labute approximate surface area is 84.7 Å². The van der Waals surface area contributed by atoms with Crippen LogP contribution in [0, 0.1) is 0 Å². The monoisotopic (exact) mass is 239 g/mol. The van der Waals surface area contributed by atoms with E-state index in [1.165, 1.54) is 0 Å². The Morgan fingerprint density at radius 1 is 1.54 bits per heavy atom. The molecule has 0 heterocycles. The molecule has 13 heavy (non-hydrogen) atoms. The Morgan fingerprint density at radius 2 is 2.15 bits per heavy atom. The quantitative estimate of drug-likeness (QED) is 0.838. The molecule has 1 aromatic rings. The fourth-order valence-corrected chi connectivity index (χ4v) is 1.43. The third-order valence-electron chi connectivity index (χ3n) is 1.71. The van der Waals surface area contributed by atoms with Crippen molar-refractivity contribution < 1.29 is 9.90 Å². The molecule has 0 aromatic heterocycles. The van der Waals surface area contributed by atoms with E-state index >= 15 is 0 Å². The summed E-state index contributed by atoms with van der Waals surface area (Å²) in [6, 6.07) is 6.62. The molecular weight excluding hydrogens is 229 g/mol. The predicted molar refractivity (Wildman–Crippen MR) is 53.5 cm³/mol. The molecule has 0 radical (unpaired) electrons. The van der Waals surface area contributed by atoms with Crippen LogP contribution in [-0.2, 0) is 11.2 Å². The summed E-state index contributed by atoms with van der Waals surface area (Å²) < 4.78 is 0.895. The van der Waals surface area contributed by atoms with Crippen LogP contribution in [0.2, 0.25) is 0 Å². The van der Waals surface area contributed by atoms with Crippen molar-refractivity contribution >= 4 is 21.9 Å². The third-order valence-corrected chi connectivity index (χ3v) is 2.49. The topological polar surface area (TPSA) is 63.3 Å². The number of benzene rings is 1. The molecule has 3 N–H and O–H groups in total. The lowest BCUT2D eigenvalue weighted by molar-refractivity contribution is -0.138. The van der Waals surface area contributed by atoms with E-state index in [1.54, 1.807) is 0 Å². The van der Waals surface area contributed by atoms with Crippen LogP contribution in [0.25, 0.3) is 0 Å². The number of carboxylic acids is 1. The van der Waals surface area contributed by atoms with Gasteiger partial charge in [0, 0.05) is 4.47 Å². The van der Waals surface area contributed by atoms with Gasteiger partial charge in [-0.05, 0) is 18.1 Å². The van der Waals surface area contributed by atoms with Crippen molar-refractivity contribution in [2.45, 2.75) is 12.5 Å². The van der Waals surface area contributed by atoms with Crippen molar-refractivity contribution in [2.24, 2.45) is 5.73 Å². The van der Waals surface area contributed by atoms with Crippen LogP contribution in [0.15, 0.2) is 28.7 Å².